The molecule has 4 heteroatoms. The average Bonchev–Trinajstić information content (AvgIpc) is 2.83. The summed E-state index contributed by atoms with van der Waals surface area (Å²) >= 11 is 1.90. The summed E-state index contributed by atoms with van der Waals surface area (Å²) in [4.78, 5) is 11.9. The number of ether oxygens (including phenoxy) is 1. The maximum Gasteiger partial charge on any atom is 0.180 e. The number of Topliss-reactive ketones (excluding diaryl/α,β-unsaturated/α-hetero) is 1. The number of rotatable bonds is 5. The Morgan fingerprint density at radius 1 is 1.53 bits per heavy atom. The van der Waals surface area contributed by atoms with Crippen molar-refractivity contribution >= 4 is 17.5 Å². The number of ketones is 1. The van der Waals surface area contributed by atoms with Crippen LogP contribution in [-0.4, -0.2) is 37.0 Å². The largest absolute Gasteiger partial charge is 0.489 e. The first-order chi connectivity index (χ1) is 8.31. The highest BCUT2D eigenvalue weighted by Gasteiger charge is 2.19. The third-order valence-corrected chi connectivity index (χ3v) is 3.84. The van der Waals surface area contributed by atoms with Crippen molar-refractivity contribution in [2.45, 2.75) is 12.5 Å². The molecule has 1 heterocycles. The van der Waals surface area contributed by atoms with Crippen LogP contribution in [0.1, 0.15) is 16.8 Å². The first-order valence-electron chi connectivity index (χ1n) is 5.82. The van der Waals surface area contributed by atoms with Crippen molar-refractivity contribution in [3.8, 4) is 5.75 Å². The lowest BCUT2D eigenvalue weighted by atomic mass is 10.1. The van der Waals surface area contributed by atoms with Crippen molar-refractivity contribution in [3.63, 3.8) is 0 Å². The van der Waals surface area contributed by atoms with Crippen LogP contribution in [0.2, 0.25) is 0 Å². The average molecular weight is 251 g/mol. The molecule has 1 aliphatic heterocycles. The minimum absolute atomic E-state index is 0.0775. The molecular weight excluding hydrogens is 234 g/mol. The van der Waals surface area contributed by atoms with Gasteiger partial charge in [0.25, 0.3) is 0 Å². The van der Waals surface area contributed by atoms with Gasteiger partial charge in [-0.3, -0.25) is 4.79 Å². The number of hydrogen-bond donors (Lipinski definition) is 1. The van der Waals surface area contributed by atoms with Crippen LogP contribution in [0.15, 0.2) is 24.3 Å². The molecule has 3 nitrogen and oxygen atoms in total. The Kier molecular flexibility index (Phi) is 4.45. The van der Waals surface area contributed by atoms with E-state index in [4.69, 9.17) is 4.74 Å². The van der Waals surface area contributed by atoms with Crippen LogP contribution in [0.25, 0.3) is 0 Å². The van der Waals surface area contributed by atoms with E-state index < -0.39 is 0 Å². The number of nitrogens with one attached hydrogen (secondary N) is 1. The molecule has 0 aliphatic carbocycles. The van der Waals surface area contributed by atoms with Gasteiger partial charge in [0.2, 0.25) is 0 Å². The lowest BCUT2D eigenvalue weighted by Gasteiger charge is -2.15. The summed E-state index contributed by atoms with van der Waals surface area (Å²) in [6, 6.07) is 7.50. The molecule has 0 saturated carbocycles. The molecule has 1 saturated heterocycles. The molecular formula is C13H17NO2S. The van der Waals surface area contributed by atoms with Gasteiger partial charge in [0.05, 0.1) is 12.1 Å². The summed E-state index contributed by atoms with van der Waals surface area (Å²) in [5.41, 5.74) is 0.679. The molecule has 1 aromatic rings. The highest BCUT2D eigenvalue weighted by molar-refractivity contribution is 7.99. The van der Waals surface area contributed by atoms with Gasteiger partial charge in [-0.1, -0.05) is 12.1 Å². The predicted octanol–water partition coefficient (Wildman–Crippen LogP) is 1.97. The zero-order valence-corrected chi connectivity index (χ0v) is 10.8. The Bertz CT molecular complexity index is 389. The lowest BCUT2D eigenvalue weighted by Crippen LogP contribution is -2.21. The van der Waals surface area contributed by atoms with Gasteiger partial charge in [-0.15, -0.1) is 0 Å². The van der Waals surface area contributed by atoms with Crippen LogP contribution in [0.4, 0.5) is 0 Å². The molecule has 1 aliphatic rings. The quantitative estimate of drug-likeness (QED) is 0.812. The zero-order chi connectivity index (χ0) is 12.1. The molecule has 1 fully saturated rings. The summed E-state index contributed by atoms with van der Waals surface area (Å²) in [6.07, 6.45) is 1.32. The van der Waals surface area contributed by atoms with Crippen molar-refractivity contribution in [1.82, 2.24) is 5.32 Å². The van der Waals surface area contributed by atoms with E-state index in [1.807, 2.05) is 36.0 Å². The van der Waals surface area contributed by atoms with E-state index in [0.29, 0.717) is 12.1 Å². The minimum Gasteiger partial charge on any atom is -0.489 e. The molecule has 0 radical (unpaired) electrons. The molecule has 92 valence electrons. The number of carbonyl (C=O) groups excluding carboxylic acids is 1. The lowest BCUT2D eigenvalue weighted by molar-refractivity contribution is 0.0987. The van der Waals surface area contributed by atoms with Gasteiger partial charge in [-0.25, -0.2) is 0 Å². The predicted molar refractivity (Wildman–Crippen MR) is 71.1 cm³/mol. The topological polar surface area (TPSA) is 38.3 Å². The molecule has 0 spiro atoms. The monoisotopic (exact) mass is 251 g/mol. The number of para-hydroxylation sites is 1. The van der Waals surface area contributed by atoms with E-state index in [2.05, 4.69) is 5.32 Å². The highest BCUT2D eigenvalue weighted by atomic mass is 32.2. The Hall–Kier alpha value is -1.000. The molecule has 0 bridgehead atoms. The maximum absolute atomic E-state index is 11.9. The fourth-order valence-electron chi connectivity index (χ4n) is 1.84. The van der Waals surface area contributed by atoms with Crippen LogP contribution in [0, 0.1) is 0 Å². The van der Waals surface area contributed by atoms with E-state index in [9.17, 15) is 4.79 Å². The zero-order valence-electron chi connectivity index (χ0n) is 9.94. The van der Waals surface area contributed by atoms with Crippen molar-refractivity contribution in [2.75, 3.05) is 25.1 Å². The summed E-state index contributed by atoms with van der Waals surface area (Å²) in [6.45, 7) is 0.347. The standard InChI is InChI=1S/C13H17NO2S/c1-14-8-12(15)11-4-2-3-5-13(11)16-10-6-7-17-9-10/h2-5,10,14H,6-9H2,1H3. The Labute approximate surface area is 106 Å². The summed E-state index contributed by atoms with van der Waals surface area (Å²) in [7, 11) is 1.77. The van der Waals surface area contributed by atoms with E-state index in [1.165, 1.54) is 0 Å². The van der Waals surface area contributed by atoms with Crippen LogP contribution in [0.5, 0.6) is 5.75 Å². The van der Waals surface area contributed by atoms with Crippen molar-refractivity contribution in [2.24, 2.45) is 0 Å². The van der Waals surface area contributed by atoms with Crippen molar-refractivity contribution < 1.29 is 9.53 Å². The summed E-state index contributed by atoms with van der Waals surface area (Å²) in [5, 5.41) is 2.88. The SMILES string of the molecule is CNCC(=O)c1ccccc1OC1CCSC1. The van der Waals surface area contributed by atoms with Crippen LogP contribution >= 0.6 is 11.8 Å². The number of hydrogen-bond acceptors (Lipinski definition) is 4. The van der Waals surface area contributed by atoms with Gasteiger partial charge >= 0.3 is 0 Å². The van der Waals surface area contributed by atoms with Crippen LogP contribution in [0.3, 0.4) is 0 Å². The van der Waals surface area contributed by atoms with E-state index in [1.54, 1.807) is 7.05 Å². The Morgan fingerprint density at radius 2 is 2.35 bits per heavy atom. The second kappa shape index (κ2) is 6.07. The van der Waals surface area contributed by atoms with Crippen molar-refractivity contribution in [1.29, 1.82) is 0 Å². The van der Waals surface area contributed by atoms with E-state index in [-0.39, 0.29) is 11.9 Å². The minimum atomic E-state index is 0.0775. The molecule has 0 aromatic heterocycles. The van der Waals surface area contributed by atoms with Gasteiger partial charge in [0.15, 0.2) is 5.78 Å². The van der Waals surface area contributed by atoms with Gasteiger partial charge in [0, 0.05) is 5.75 Å². The van der Waals surface area contributed by atoms with Crippen LogP contribution < -0.4 is 10.1 Å². The number of carbonyl (C=O) groups is 1. The summed E-state index contributed by atoms with van der Waals surface area (Å²) < 4.78 is 5.90. The normalized spacial score (nSPS) is 19.2. The first kappa shape index (κ1) is 12.5. The molecule has 17 heavy (non-hydrogen) atoms. The van der Waals surface area contributed by atoms with Gasteiger partial charge in [-0.2, -0.15) is 11.8 Å². The molecule has 0 amide bonds. The molecule has 1 unspecified atom stereocenters. The second-order valence-corrected chi connectivity index (χ2v) is 5.20. The van der Waals surface area contributed by atoms with Crippen molar-refractivity contribution in [3.05, 3.63) is 29.8 Å². The highest BCUT2D eigenvalue weighted by Crippen LogP contribution is 2.25. The number of thioether (sulfide) groups is 1. The smallest absolute Gasteiger partial charge is 0.180 e. The van der Waals surface area contributed by atoms with Gasteiger partial charge in [-0.05, 0) is 31.4 Å². The van der Waals surface area contributed by atoms with E-state index >= 15 is 0 Å². The van der Waals surface area contributed by atoms with Crippen LogP contribution in [-0.2, 0) is 0 Å². The first-order valence-corrected chi connectivity index (χ1v) is 6.98. The molecule has 2 rings (SSSR count). The Balaban J connectivity index is 2.12. The number of benzene rings is 1. The number of likely N-dealkylation sites (N-methyl/N-ethyl adjacent to an activating group) is 1. The third-order valence-electron chi connectivity index (χ3n) is 2.71. The van der Waals surface area contributed by atoms with E-state index in [0.717, 1.165) is 23.7 Å². The summed E-state index contributed by atoms with van der Waals surface area (Å²) in [5.74, 6) is 2.97. The fraction of sp³-hybridized carbons (Fsp3) is 0.462. The third kappa shape index (κ3) is 3.23. The fourth-order valence-corrected chi connectivity index (χ4v) is 2.93. The second-order valence-electron chi connectivity index (χ2n) is 4.05. The Morgan fingerprint density at radius 3 is 3.06 bits per heavy atom. The molecule has 1 N–H and O–H groups in total. The maximum atomic E-state index is 11.9. The molecule has 1 atom stereocenters. The molecule has 1 aromatic carbocycles. The van der Waals surface area contributed by atoms with Gasteiger partial charge in [0.1, 0.15) is 11.9 Å². The van der Waals surface area contributed by atoms with Gasteiger partial charge < -0.3 is 10.1 Å².